The van der Waals surface area contributed by atoms with Gasteiger partial charge in [0.25, 0.3) is 5.91 Å². The summed E-state index contributed by atoms with van der Waals surface area (Å²) in [5, 5.41) is 20.9. The molecule has 1 aromatic carbocycles. The Hall–Kier alpha value is -2.04. The van der Waals surface area contributed by atoms with Crippen LogP contribution in [0.2, 0.25) is 0 Å². The molecule has 0 radical (unpaired) electrons. The van der Waals surface area contributed by atoms with E-state index in [9.17, 15) is 14.7 Å². The van der Waals surface area contributed by atoms with Crippen molar-refractivity contribution >= 4 is 11.9 Å². The van der Waals surface area contributed by atoms with Crippen LogP contribution in [0.25, 0.3) is 0 Å². The number of carboxylic acids is 1. The first-order valence-electron chi connectivity index (χ1n) is 5.88. The standard InChI is InChI=1S/C13H17NO4/c1-2-3-7-10(13(17)18)14-12(16)9-6-4-5-8-11(9)15/h4-6,8,10,15H,2-3,7H2,1H3,(H,14,16)(H,17,18)/t10-/m0/s1. The van der Waals surface area contributed by atoms with Gasteiger partial charge in [0.05, 0.1) is 5.56 Å². The number of hydrogen-bond acceptors (Lipinski definition) is 3. The number of benzene rings is 1. The van der Waals surface area contributed by atoms with Crippen molar-refractivity contribution in [1.82, 2.24) is 5.32 Å². The zero-order valence-electron chi connectivity index (χ0n) is 10.2. The molecule has 0 spiro atoms. The highest BCUT2D eigenvalue weighted by atomic mass is 16.4. The summed E-state index contributed by atoms with van der Waals surface area (Å²) in [7, 11) is 0. The molecular weight excluding hydrogens is 234 g/mol. The molecule has 0 aliphatic carbocycles. The molecule has 0 heterocycles. The van der Waals surface area contributed by atoms with E-state index in [1.54, 1.807) is 12.1 Å². The molecule has 1 rings (SSSR count). The van der Waals surface area contributed by atoms with Crippen molar-refractivity contribution in [3.8, 4) is 5.75 Å². The summed E-state index contributed by atoms with van der Waals surface area (Å²) in [6, 6.07) is 5.12. The zero-order valence-corrected chi connectivity index (χ0v) is 10.2. The summed E-state index contributed by atoms with van der Waals surface area (Å²) in [5.74, 6) is -1.79. The lowest BCUT2D eigenvalue weighted by Crippen LogP contribution is -2.40. The minimum absolute atomic E-state index is 0.0836. The van der Waals surface area contributed by atoms with Crippen molar-refractivity contribution in [2.24, 2.45) is 0 Å². The molecule has 0 aliphatic heterocycles. The SMILES string of the molecule is CCCC[C@H](NC(=O)c1ccccc1O)C(=O)O. The van der Waals surface area contributed by atoms with Crippen molar-refractivity contribution in [2.75, 3.05) is 0 Å². The van der Waals surface area contributed by atoms with Crippen LogP contribution in [0.4, 0.5) is 0 Å². The number of nitrogens with one attached hydrogen (secondary N) is 1. The van der Waals surface area contributed by atoms with Crippen LogP contribution in [-0.2, 0) is 4.79 Å². The Bertz CT molecular complexity index is 431. The van der Waals surface area contributed by atoms with Crippen LogP contribution < -0.4 is 5.32 Å². The number of hydrogen-bond donors (Lipinski definition) is 3. The number of amides is 1. The second kappa shape index (κ2) is 6.64. The van der Waals surface area contributed by atoms with Gasteiger partial charge in [-0.15, -0.1) is 0 Å². The van der Waals surface area contributed by atoms with Gasteiger partial charge in [0, 0.05) is 0 Å². The van der Waals surface area contributed by atoms with Gasteiger partial charge >= 0.3 is 5.97 Å². The summed E-state index contributed by atoms with van der Waals surface area (Å²) >= 11 is 0. The van der Waals surface area contributed by atoms with Crippen molar-refractivity contribution < 1.29 is 19.8 Å². The highest BCUT2D eigenvalue weighted by Crippen LogP contribution is 2.15. The fourth-order valence-corrected chi connectivity index (χ4v) is 1.57. The fraction of sp³-hybridized carbons (Fsp3) is 0.385. The number of carboxylic acid groups (broad SMARTS) is 1. The minimum Gasteiger partial charge on any atom is -0.507 e. The van der Waals surface area contributed by atoms with Crippen molar-refractivity contribution in [3.63, 3.8) is 0 Å². The Labute approximate surface area is 105 Å². The first kappa shape index (κ1) is 14.0. The molecule has 0 saturated heterocycles. The quantitative estimate of drug-likeness (QED) is 0.719. The highest BCUT2D eigenvalue weighted by Gasteiger charge is 2.21. The number of unbranched alkanes of at least 4 members (excludes halogenated alkanes) is 1. The van der Waals surface area contributed by atoms with Gasteiger partial charge < -0.3 is 15.5 Å². The Morgan fingerprint density at radius 3 is 2.56 bits per heavy atom. The van der Waals surface area contributed by atoms with E-state index in [4.69, 9.17) is 5.11 Å². The Morgan fingerprint density at radius 1 is 1.33 bits per heavy atom. The summed E-state index contributed by atoms with van der Waals surface area (Å²) in [6.45, 7) is 1.95. The molecular formula is C13H17NO4. The first-order valence-corrected chi connectivity index (χ1v) is 5.88. The minimum atomic E-state index is -1.06. The molecule has 0 saturated carbocycles. The van der Waals surface area contributed by atoms with E-state index in [1.165, 1.54) is 12.1 Å². The van der Waals surface area contributed by atoms with Crippen molar-refractivity contribution in [3.05, 3.63) is 29.8 Å². The van der Waals surface area contributed by atoms with Crippen LogP contribution in [0.1, 0.15) is 36.5 Å². The molecule has 3 N–H and O–H groups in total. The van der Waals surface area contributed by atoms with E-state index < -0.39 is 17.9 Å². The first-order chi connectivity index (χ1) is 8.56. The smallest absolute Gasteiger partial charge is 0.326 e. The molecule has 0 unspecified atom stereocenters. The average molecular weight is 251 g/mol. The third-order valence-corrected chi connectivity index (χ3v) is 2.60. The summed E-state index contributed by atoms with van der Waals surface area (Å²) in [4.78, 5) is 22.8. The topological polar surface area (TPSA) is 86.6 Å². The number of phenols is 1. The molecule has 1 aromatic rings. The van der Waals surface area contributed by atoms with E-state index in [2.05, 4.69) is 5.32 Å². The van der Waals surface area contributed by atoms with Crippen LogP contribution in [0.5, 0.6) is 5.75 Å². The van der Waals surface area contributed by atoms with Crippen LogP contribution in [0.15, 0.2) is 24.3 Å². The lowest BCUT2D eigenvalue weighted by Gasteiger charge is -2.14. The summed E-state index contributed by atoms with van der Waals surface area (Å²) < 4.78 is 0. The Morgan fingerprint density at radius 2 is 2.00 bits per heavy atom. The molecule has 5 heteroatoms. The molecule has 1 amide bonds. The van der Waals surface area contributed by atoms with E-state index in [0.717, 1.165) is 12.8 Å². The van der Waals surface area contributed by atoms with Gasteiger partial charge in [-0.2, -0.15) is 0 Å². The fourth-order valence-electron chi connectivity index (χ4n) is 1.57. The molecule has 0 bridgehead atoms. The molecule has 1 atom stereocenters. The van der Waals surface area contributed by atoms with Gasteiger partial charge in [0.15, 0.2) is 0 Å². The highest BCUT2D eigenvalue weighted by molar-refractivity contribution is 5.98. The van der Waals surface area contributed by atoms with Crippen LogP contribution >= 0.6 is 0 Å². The van der Waals surface area contributed by atoms with E-state index >= 15 is 0 Å². The van der Waals surface area contributed by atoms with Crippen molar-refractivity contribution in [2.45, 2.75) is 32.2 Å². The largest absolute Gasteiger partial charge is 0.507 e. The number of aromatic hydroxyl groups is 1. The molecule has 0 aliphatic rings. The lowest BCUT2D eigenvalue weighted by molar-refractivity contribution is -0.139. The van der Waals surface area contributed by atoms with Gasteiger partial charge in [0.2, 0.25) is 0 Å². The van der Waals surface area contributed by atoms with E-state index in [-0.39, 0.29) is 11.3 Å². The number of para-hydroxylation sites is 1. The zero-order chi connectivity index (χ0) is 13.5. The predicted octanol–water partition coefficient (Wildman–Crippen LogP) is 1.77. The number of carbonyl (C=O) groups excluding carboxylic acids is 1. The van der Waals surface area contributed by atoms with Crippen LogP contribution in [0.3, 0.4) is 0 Å². The number of rotatable bonds is 6. The molecule has 0 aromatic heterocycles. The molecule has 5 nitrogen and oxygen atoms in total. The monoisotopic (exact) mass is 251 g/mol. The molecule has 0 fully saturated rings. The van der Waals surface area contributed by atoms with Crippen molar-refractivity contribution in [1.29, 1.82) is 0 Å². The lowest BCUT2D eigenvalue weighted by atomic mass is 10.1. The number of aliphatic carboxylic acids is 1. The summed E-state index contributed by atoms with van der Waals surface area (Å²) in [5.41, 5.74) is 0.0836. The molecule has 18 heavy (non-hydrogen) atoms. The van der Waals surface area contributed by atoms with Gasteiger partial charge in [0.1, 0.15) is 11.8 Å². The van der Waals surface area contributed by atoms with Gasteiger partial charge in [-0.25, -0.2) is 4.79 Å². The average Bonchev–Trinajstić information content (AvgIpc) is 2.34. The van der Waals surface area contributed by atoms with Gasteiger partial charge in [-0.3, -0.25) is 4.79 Å². The summed E-state index contributed by atoms with van der Waals surface area (Å²) in [6.07, 6.45) is 1.96. The van der Waals surface area contributed by atoms with Crippen LogP contribution in [-0.4, -0.2) is 28.1 Å². The third-order valence-electron chi connectivity index (χ3n) is 2.60. The maximum absolute atomic E-state index is 11.8. The second-order valence-electron chi connectivity index (χ2n) is 4.02. The maximum atomic E-state index is 11.8. The second-order valence-corrected chi connectivity index (χ2v) is 4.02. The van der Waals surface area contributed by atoms with E-state index in [1.807, 2.05) is 6.92 Å². The third kappa shape index (κ3) is 3.76. The normalized spacial score (nSPS) is 11.8. The van der Waals surface area contributed by atoms with E-state index in [0.29, 0.717) is 6.42 Å². The number of phenolic OH excluding ortho intramolecular Hbond substituents is 1. The Kier molecular flexibility index (Phi) is 5.17. The van der Waals surface area contributed by atoms with Gasteiger partial charge in [-0.05, 0) is 18.6 Å². The number of carbonyl (C=O) groups is 2. The molecule has 98 valence electrons. The Balaban J connectivity index is 2.72. The maximum Gasteiger partial charge on any atom is 0.326 e. The van der Waals surface area contributed by atoms with Gasteiger partial charge in [-0.1, -0.05) is 31.9 Å². The van der Waals surface area contributed by atoms with Crippen LogP contribution in [0, 0.1) is 0 Å². The predicted molar refractivity (Wildman–Crippen MR) is 66.5 cm³/mol.